The van der Waals surface area contributed by atoms with Crippen LogP contribution in [0.5, 0.6) is 5.75 Å². The fraction of sp³-hybridized carbons (Fsp3) is 0.588. The quantitative estimate of drug-likeness (QED) is 0.926. The molecule has 4 heteroatoms. The van der Waals surface area contributed by atoms with E-state index in [2.05, 4.69) is 26.1 Å². The zero-order chi connectivity index (χ0) is 15.5. The lowest BCUT2D eigenvalue weighted by Gasteiger charge is -2.22. The molecule has 116 valence electrons. The summed E-state index contributed by atoms with van der Waals surface area (Å²) in [6, 6.07) is 7.94. The van der Waals surface area contributed by atoms with Gasteiger partial charge in [-0.05, 0) is 31.0 Å². The van der Waals surface area contributed by atoms with Crippen molar-refractivity contribution in [2.24, 2.45) is 5.41 Å². The number of likely N-dealkylation sites (tertiary alicyclic amines) is 1. The Kier molecular flexibility index (Phi) is 4.88. The summed E-state index contributed by atoms with van der Waals surface area (Å²) in [6.07, 6.45) is 1.01. The second-order valence-electron chi connectivity index (χ2n) is 6.87. The first-order valence-corrected chi connectivity index (χ1v) is 7.59. The van der Waals surface area contributed by atoms with Crippen LogP contribution < -0.4 is 10.1 Å². The van der Waals surface area contributed by atoms with Crippen LogP contribution in [-0.4, -0.2) is 43.6 Å². The highest BCUT2D eigenvalue weighted by Gasteiger charge is 2.27. The van der Waals surface area contributed by atoms with E-state index in [9.17, 15) is 4.79 Å². The molecule has 1 amide bonds. The number of amides is 1. The normalized spacial score (nSPS) is 18.9. The van der Waals surface area contributed by atoms with Crippen molar-refractivity contribution < 1.29 is 9.53 Å². The van der Waals surface area contributed by atoms with Crippen LogP contribution in [0.15, 0.2) is 24.3 Å². The molecule has 1 saturated heterocycles. The molecular weight excluding hydrogens is 264 g/mol. The van der Waals surface area contributed by atoms with Crippen molar-refractivity contribution >= 4 is 5.91 Å². The van der Waals surface area contributed by atoms with E-state index in [0.717, 1.165) is 19.5 Å². The Bertz CT molecular complexity index is 494. The van der Waals surface area contributed by atoms with Gasteiger partial charge in [-0.2, -0.15) is 0 Å². The highest BCUT2D eigenvalue weighted by Crippen LogP contribution is 2.24. The average molecular weight is 290 g/mol. The first-order valence-electron chi connectivity index (χ1n) is 7.59. The van der Waals surface area contributed by atoms with Crippen LogP contribution in [0.1, 0.15) is 37.6 Å². The molecule has 1 aliphatic rings. The summed E-state index contributed by atoms with van der Waals surface area (Å²) in [4.78, 5) is 14.6. The summed E-state index contributed by atoms with van der Waals surface area (Å²) >= 11 is 0. The number of carbonyl (C=O) groups is 1. The summed E-state index contributed by atoms with van der Waals surface area (Å²) in [7, 11) is 1.94. The minimum Gasteiger partial charge on any atom is -0.492 e. The fourth-order valence-corrected chi connectivity index (χ4v) is 2.41. The zero-order valence-electron chi connectivity index (χ0n) is 13.5. The first kappa shape index (κ1) is 15.8. The van der Waals surface area contributed by atoms with E-state index in [0.29, 0.717) is 24.0 Å². The van der Waals surface area contributed by atoms with Gasteiger partial charge in [-0.15, -0.1) is 0 Å². The van der Waals surface area contributed by atoms with Gasteiger partial charge in [0.2, 0.25) is 0 Å². The molecule has 1 aromatic rings. The number of para-hydroxylation sites is 1. The number of hydrogen-bond acceptors (Lipinski definition) is 3. The highest BCUT2D eigenvalue weighted by molar-refractivity contribution is 5.97. The van der Waals surface area contributed by atoms with Gasteiger partial charge in [0.25, 0.3) is 5.91 Å². The molecule has 0 bridgehead atoms. The first-order chi connectivity index (χ1) is 9.90. The highest BCUT2D eigenvalue weighted by atomic mass is 16.5. The SMILES string of the molecule is CN[C@@H]1CCN(C(=O)c2ccccc2OCC(C)(C)C)C1. The second kappa shape index (κ2) is 6.48. The van der Waals surface area contributed by atoms with Crippen LogP contribution in [0.2, 0.25) is 0 Å². The molecule has 0 radical (unpaired) electrons. The van der Waals surface area contributed by atoms with Gasteiger partial charge < -0.3 is 15.0 Å². The Morgan fingerprint density at radius 1 is 1.38 bits per heavy atom. The van der Waals surface area contributed by atoms with Gasteiger partial charge >= 0.3 is 0 Å². The number of nitrogens with one attached hydrogen (secondary N) is 1. The third-order valence-corrected chi connectivity index (χ3v) is 3.66. The molecule has 0 spiro atoms. The molecule has 1 N–H and O–H groups in total. The van der Waals surface area contributed by atoms with Gasteiger partial charge in [0.15, 0.2) is 0 Å². The van der Waals surface area contributed by atoms with Crippen LogP contribution in [0.25, 0.3) is 0 Å². The summed E-state index contributed by atoms with van der Waals surface area (Å²) in [5, 5.41) is 3.23. The predicted molar refractivity (Wildman–Crippen MR) is 84.8 cm³/mol. The van der Waals surface area contributed by atoms with Crippen molar-refractivity contribution in [3.63, 3.8) is 0 Å². The van der Waals surface area contributed by atoms with Crippen molar-refractivity contribution in [3.05, 3.63) is 29.8 Å². The van der Waals surface area contributed by atoms with E-state index in [4.69, 9.17) is 4.74 Å². The van der Waals surface area contributed by atoms with E-state index in [1.54, 1.807) is 0 Å². The number of ether oxygens (including phenoxy) is 1. The fourth-order valence-electron chi connectivity index (χ4n) is 2.41. The summed E-state index contributed by atoms with van der Waals surface area (Å²) in [6.45, 7) is 8.53. The van der Waals surface area contributed by atoms with Crippen molar-refractivity contribution in [1.82, 2.24) is 10.2 Å². The molecule has 1 aliphatic heterocycles. The number of nitrogens with zero attached hydrogens (tertiary/aromatic N) is 1. The number of hydrogen-bond donors (Lipinski definition) is 1. The number of carbonyl (C=O) groups excluding carboxylic acids is 1. The van der Waals surface area contributed by atoms with Gasteiger partial charge in [-0.25, -0.2) is 0 Å². The number of benzene rings is 1. The Morgan fingerprint density at radius 3 is 2.71 bits per heavy atom. The predicted octanol–water partition coefficient (Wildman–Crippen LogP) is 2.55. The van der Waals surface area contributed by atoms with Gasteiger partial charge in [0, 0.05) is 19.1 Å². The summed E-state index contributed by atoms with van der Waals surface area (Å²) in [5.41, 5.74) is 0.736. The Hall–Kier alpha value is -1.55. The molecule has 0 saturated carbocycles. The van der Waals surface area contributed by atoms with Gasteiger partial charge in [0.1, 0.15) is 5.75 Å². The van der Waals surface area contributed by atoms with Gasteiger partial charge in [0.05, 0.1) is 12.2 Å². The third-order valence-electron chi connectivity index (χ3n) is 3.66. The Balaban J connectivity index is 2.10. The maximum atomic E-state index is 12.7. The van der Waals surface area contributed by atoms with Crippen LogP contribution >= 0.6 is 0 Å². The van der Waals surface area contributed by atoms with Crippen LogP contribution in [-0.2, 0) is 0 Å². The molecule has 1 fully saturated rings. The van der Waals surface area contributed by atoms with E-state index >= 15 is 0 Å². The second-order valence-corrected chi connectivity index (χ2v) is 6.87. The smallest absolute Gasteiger partial charge is 0.257 e. The Labute approximate surface area is 127 Å². The van der Waals surface area contributed by atoms with Crippen LogP contribution in [0.4, 0.5) is 0 Å². The minimum absolute atomic E-state index is 0.0669. The lowest BCUT2D eigenvalue weighted by atomic mass is 9.98. The van der Waals surface area contributed by atoms with Gasteiger partial charge in [-0.1, -0.05) is 32.9 Å². The monoisotopic (exact) mass is 290 g/mol. The maximum Gasteiger partial charge on any atom is 0.257 e. The molecule has 21 heavy (non-hydrogen) atoms. The molecule has 4 nitrogen and oxygen atoms in total. The standard InChI is InChI=1S/C17H26N2O2/c1-17(2,3)12-21-15-8-6-5-7-14(15)16(20)19-10-9-13(11-19)18-4/h5-8,13,18H,9-12H2,1-4H3/t13-/m1/s1. The van der Waals surface area contributed by atoms with E-state index in [-0.39, 0.29) is 11.3 Å². The molecular formula is C17H26N2O2. The topological polar surface area (TPSA) is 41.6 Å². The Morgan fingerprint density at radius 2 is 2.10 bits per heavy atom. The van der Waals surface area contributed by atoms with Crippen LogP contribution in [0, 0.1) is 5.41 Å². The molecule has 1 aromatic carbocycles. The van der Waals surface area contributed by atoms with Gasteiger partial charge in [-0.3, -0.25) is 4.79 Å². The molecule has 1 heterocycles. The number of rotatable bonds is 4. The van der Waals surface area contributed by atoms with E-state index < -0.39 is 0 Å². The van der Waals surface area contributed by atoms with E-state index in [1.165, 1.54) is 0 Å². The third kappa shape index (κ3) is 4.21. The van der Waals surface area contributed by atoms with Crippen molar-refractivity contribution in [2.75, 3.05) is 26.7 Å². The molecule has 0 aliphatic carbocycles. The average Bonchev–Trinajstić information content (AvgIpc) is 2.93. The molecule has 0 aromatic heterocycles. The lowest BCUT2D eigenvalue weighted by Crippen LogP contribution is -2.33. The minimum atomic E-state index is 0.0669. The van der Waals surface area contributed by atoms with Crippen molar-refractivity contribution in [2.45, 2.75) is 33.2 Å². The van der Waals surface area contributed by atoms with Crippen molar-refractivity contribution in [1.29, 1.82) is 0 Å². The van der Waals surface area contributed by atoms with E-state index in [1.807, 2.05) is 36.2 Å². The maximum absolute atomic E-state index is 12.7. The zero-order valence-corrected chi connectivity index (χ0v) is 13.5. The number of likely N-dealkylation sites (N-methyl/N-ethyl adjacent to an activating group) is 1. The lowest BCUT2D eigenvalue weighted by molar-refractivity contribution is 0.0782. The molecule has 2 rings (SSSR count). The molecule has 0 unspecified atom stereocenters. The molecule has 1 atom stereocenters. The largest absolute Gasteiger partial charge is 0.492 e. The summed E-state index contributed by atoms with van der Waals surface area (Å²) in [5.74, 6) is 0.752. The summed E-state index contributed by atoms with van der Waals surface area (Å²) < 4.78 is 5.87. The van der Waals surface area contributed by atoms with Crippen molar-refractivity contribution in [3.8, 4) is 5.75 Å². The van der Waals surface area contributed by atoms with Crippen LogP contribution in [0.3, 0.4) is 0 Å².